The number of benzene rings is 1. The van der Waals surface area contributed by atoms with E-state index in [1.807, 2.05) is 0 Å². The molecule has 2 nitrogen and oxygen atoms in total. The standard InChI is InChI=1S/C15H28N2Si/c18-14-17-12-8-3-1-2-7-11-16-13-15-9-5-4-6-10-15/h4-6,9-10,16-17H,1-3,7-8,11-14H2,18H3. The van der Waals surface area contributed by atoms with Gasteiger partial charge in [-0.3, -0.25) is 0 Å². The van der Waals surface area contributed by atoms with E-state index in [1.165, 1.54) is 60.6 Å². The van der Waals surface area contributed by atoms with E-state index in [0.29, 0.717) is 0 Å². The van der Waals surface area contributed by atoms with Crippen molar-refractivity contribution in [1.29, 1.82) is 0 Å². The van der Waals surface area contributed by atoms with Crippen LogP contribution in [0.3, 0.4) is 0 Å². The van der Waals surface area contributed by atoms with Crippen LogP contribution in [0.5, 0.6) is 0 Å². The Labute approximate surface area is 115 Å². The quantitative estimate of drug-likeness (QED) is 0.469. The van der Waals surface area contributed by atoms with Gasteiger partial charge >= 0.3 is 0 Å². The fraction of sp³-hybridized carbons (Fsp3) is 0.600. The second-order valence-corrected chi connectivity index (χ2v) is 5.49. The molecule has 0 atom stereocenters. The van der Waals surface area contributed by atoms with Crippen LogP contribution in [0.4, 0.5) is 0 Å². The minimum atomic E-state index is 1.01. The number of nitrogens with one attached hydrogen (secondary N) is 2. The van der Waals surface area contributed by atoms with Crippen molar-refractivity contribution in [3.8, 4) is 0 Å². The molecule has 0 heterocycles. The molecule has 3 heteroatoms. The Kier molecular flexibility index (Phi) is 9.80. The van der Waals surface area contributed by atoms with Gasteiger partial charge in [-0.1, -0.05) is 49.6 Å². The molecule has 2 N–H and O–H groups in total. The van der Waals surface area contributed by atoms with E-state index >= 15 is 0 Å². The second kappa shape index (κ2) is 11.4. The highest BCUT2D eigenvalue weighted by Crippen LogP contribution is 2.02. The van der Waals surface area contributed by atoms with Crippen LogP contribution < -0.4 is 10.6 Å². The Balaban J connectivity index is 1.82. The molecule has 0 spiro atoms. The molecule has 1 aromatic carbocycles. The molecule has 0 fully saturated rings. The summed E-state index contributed by atoms with van der Waals surface area (Å²) >= 11 is 0. The average molecular weight is 264 g/mol. The molecule has 102 valence electrons. The molecule has 18 heavy (non-hydrogen) atoms. The van der Waals surface area contributed by atoms with Crippen LogP contribution in [0.2, 0.25) is 0 Å². The molecule has 0 unspecified atom stereocenters. The third-order valence-electron chi connectivity index (χ3n) is 3.13. The highest BCUT2D eigenvalue weighted by atomic mass is 28.1. The van der Waals surface area contributed by atoms with Crippen molar-refractivity contribution >= 4 is 10.2 Å². The normalized spacial score (nSPS) is 10.9. The molecule has 0 bridgehead atoms. The summed E-state index contributed by atoms with van der Waals surface area (Å²) in [4.78, 5) is 0. The molecule has 0 aliphatic heterocycles. The van der Waals surface area contributed by atoms with Crippen LogP contribution in [-0.2, 0) is 6.54 Å². The van der Waals surface area contributed by atoms with E-state index in [-0.39, 0.29) is 0 Å². The molecular formula is C15H28N2Si. The summed E-state index contributed by atoms with van der Waals surface area (Å²) in [7, 11) is 1.28. The lowest BCUT2D eigenvalue weighted by molar-refractivity contribution is 0.565. The van der Waals surface area contributed by atoms with Crippen LogP contribution in [-0.4, -0.2) is 29.5 Å². The maximum absolute atomic E-state index is 3.51. The average Bonchev–Trinajstić information content (AvgIpc) is 2.42. The Morgan fingerprint density at radius 3 is 2.06 bits per heavy atom. The molecule has 0 aliphatic rings. The summed E-state index contributed by atoms with van der Waals surface area (Å²) < 4.78 is 0. The summed E-state index contributed by atoms with van der Waals surface area (Å²) in [5.41, 5.74) is 1.38. The van der Waals surface area contributed by atoms with Crippen molar-refractivity contribution < 1.29 is 0 Å². The smallest absolute Gasteiger partial charge is 0.0205 e. The number of unbranched alkanes of at least 4 members (excludes halogenated alkanes) is 4. The van der Waals surface area contributed by atoms with E-state index in [0.717, 1.165) is 13.1 Å². The van der Waals surface area contributed by atoms with E-state index < -0.39 is 0 Å². The molecule has 0 aliphatic carbocycles. The zero-order chi connectivity index (χ0) is 12.9. The van der Waals surface area contributed by atoms with Crippen molar-refractivity contribution in [2.75, 3.05) is 19.3 Å². The van der Waals surface area contributed by atoms with Crippen LogP contribution >= 0.6 is 0 Å². The van der Waals surface area contributed by atoms with Gasteiger partial charge in [-0.05, 0) is 37.7 Å². The van der Waals surface area contributed by atoms with Gasteiger partial charge in [0.1, 0.15) is 0 Å². The predicted molar refractivity (Wildman–Crippen MR) is 84.0 cm³/mol. The maximum Gasteiger partial charge on any atom is 0.0205 e. The number of rotatable bonds is 11. The van der Waals surface area contributed by atoms with Crippen LogP contribution in [0.1, 0.15) is 37.7 Å². The van der Waals surface area contributed by atoms with E-state index in [1.54, 1.807) is 0 Å². The molecule has 0 amide bonds. The van der Waals surface area contributed by atoms with Crippen molar-refractivity contribution in [2.45, 2.75) is 38.6 Å². The first kappa shape index (κ1) is 15.4. The zero-order valence-corrected chi connectivity index (χ0v) is 13.8. The van der Waals surface area contributed by atoms with Crippen molar-refractivity contribution in [2.24, 2.45) is 0 Å². The van der Waals surface area contributed by atoms with Gasteiger partial charge in [0.05, 0.1) is 0 Å². The summed E-state index contributed by atoms with van der Waals surface area (Å²) in [6.07, 6.45) is 8.02. The van der Waals surface area contributed by atoms with Gasteiger partial charge in [0.2, 0.25) is 0 Å². The lowest BCUT2D eigenvalue weighted by Crippen LogP contribution is -2.16. The first-order valence-electron chi connectivity index (χ1n) is 7.39. The van der Waals surface area contributed by atoms with Gasteiger partial charge in [-0.2, -0.15) is 0 Å². The topological polar surface area (TPSA) is 24.1 Å². The van der Waals surface area contributed by atoms with Gasteiger partial charge in [0, 0.05) is 16.8 Å². The van der Waals surface area contributed by atoms with E-state index in [4.69, 9.17) is 0 Å². The lowest BCUT2D eigenvalue weighted by atomic mass is 10.1. The molecule has 1 rings (SSSR count). The Morgan fingerprint density at radius 2 is 1.39 bits per heavy atom. The number of hydrogen-bond acceptors (Lipinski definition) is 2. The largest absolute Gasteiger partial charge is 0.320 e. The molecule has 0 saturated carbocycles. The zero-order valence-electron chi connectivity index (χ0n) is 11.8. The van der Waals surface area contributed by atoms with Gasteiger partial charge in [-0.25, -0.2) is 0 Å². The number of hydrogen-bond donors (Lipinski definition) is 2. The summed E-state index contributed by atoms with van der Waals surface area (Å²) in [6.45, 7) is 3.37. The van der Waals surface area contributed by atoms with Crippen molar-refractivity contribution in [3.63, 3.8) is 0 Å². The molecule has 1 aromatic rings. The summed E-state index contributed by atoms with van der Waals surface area (Å²) in [5.74, 6) is 0. The van der Waals surface area contributed by atoms with Crippen LogP contribution in [0.25, 0.3) is 0 Å². The molecule has 0 saturated heterocycles. The first-order valence-corrected chi connectivity index (χ1v) is 8.80. The third-order valence-corrected chi connectivity index (χ3v) is 3.63. The van der Waals surface area contributed by atoms with Crippen LogP contribution in [0.15, 0.2) is 30.3 Å². The second-order valence-electron chi connectivity index (χ2n) is 4.78. The van der Waals surface area contributed by atoms with Gasteiger partial charge < -0.3 is 10.6 Å². The van der Waals surface area contributed by atoms with Gasteiger partial charge in [-0.15, -0.1) is 0 Å². The first-order chi connectivity index (χ1) is 8.93. The maximum atomic E-state index is 3.51. The van der Waals surface area contributed by atoms with Crippen molar-refractivity contribution in [1.82, 2.24) is 10.6 Å². The highest BCUT2D eigenvalue weighted by Gasteiger charge is 1.92. The van der Waals surface area contributed by atoms with Gasteiger partial charge in [0.15, 0.2) is 0 Å². The fourth-order valence-corrected chi connectivity index (χ4v) is 2.39. The minimum Gasteiger partial charge on any atom is -0.320 e. The lowest BCUT2D eigenvalue weighted by Gasteiger charge is -2.05. The molecule has 0 aromatic heterocycles. The Bertz CT molecular complexity index is 277. The monoisotopic (exact) mass is 264 g/mol. The highest BCUT2D eigenvalue weighted by molar-refractivity contribution is 6.08. The Morgan fingerprint density at radius 1 is 0.778 bits per heavy atom. The van der Waals surface area contributed by atoms with Crippen molar-refractivity contribution in [3.05, 3.63) is 35.9 Å². The predicted octanol–water partition coefficient (Wildman–Crippen LogP) is 1.64. The van der Waals surface area contributed by atoms with Gasteiger partial charge in [0.25, 0.3) is 0 Å². The van der Waals surface area contributed by atoms with E-state index in [9.17, 15) is 0 Å². The third kappa shape index (κ3) is 8.45. The SMILES string of the molecule is [SiH3]CNCCCCCCCNCc1ccccc1. The molecular weight excluding hydrogens is 236 g/mol. The summed E-state index contributed by atoms with van der Waals surface area (Å²) in [6, 6.07) is 10.6. The summed E-state index contributed by atoms with van der Waals surface area (Å²) in [5, 5.41) is 6.93. The van der Waals surface area contributed by atoms with Crippen LogP contribution in [0, 0.1) is 0 Å². The minimum absolute atomic E-state index is 1.01. The fourth-order valence-electron chi connectivity index (χ4n) is 2.04. The van der Waals surface area contributed by atoms with E-state index in [2.05, 4.69) is 41.0 Å². The Hall–Kier alpha value is -0.643. The molecule has 0 radical (unpaired) electrons.